The highest BCUT2D eigenvalue weighted by Crippen LogP contribution is 1.99. The predicted molar refractivity (Wildman–Crippen MR) is 61.2 cm³/mol. The summed E-state index contributed by atoms with van der Waals surface area (Å²) in [4.78, 5) is 36.2. The quantitative estimate of drug-likeness (QED) is 0.692. The Bertz CT molecular complexity index is 598. The lowest BCUT2D eigenvalue weighted by molar-refractivity contribution is -0.124. The van der Waals surface area contributed by atoms with Gasteiger partial charge in [-0.3, -0.25) is 9.59 Å². The standard InChI is InChI=1S/C10H13N5O2/c1-5(2)9(16)11-3-6-14-8-7(10(17)15-6)12-4-13-8/h4-5H,3H2,1-2H3,(H,11,16)(H2,12,13,14,15,17). The lowest BCUT2D eigenvalue weighted by atomic mass is 10.2. The normalized spacial score (nSPS) is 11.0. The molecule has 2 rings (SSSR count). The van der Waals surface area contributed by atoms with Gasteiger partial charge in [-0.25, -0.2) is 9.97 Å². The lowest BCUT2D eigenvalue weighted by Gasteiger charge is -2.06. The molecule has 2 aromatic heterocycles. The third kappa shape index (κ3) is 2.32. The fraction of sp³-hybridized carbons (Fsp3) is 0.400. The molecule has 0 aromatic carbocycles. The Balaban J connectivity index is 2.19. The molecule has 7 nitrogen and oxygen atoms in total. The van der Waals surface area contributed by atoms with E-state index in [1.54, 1.807) is 13.8 Å². The van der Waals surface area contributed by atoms with Crippen LogP contribution in [0.25, 0.3) is 11.2 Å². The van der Waals surface area contributed by atoms with Gasteiger partial charge in [-0.05, 0) is 0 Å². The van der Waals surface area contributed by atoms with Crippen molar-refractivity contribution in [2.45, 2.75) is 20.4 Å². The topological polar surface area (TPSA) is 104 Å². The van der Waals surface area contributed by atoms with E-state index in [-0.39, 0.29) is 23.9 Å². The molecular weight excluding hydrogens is 222 g/mol. The first-order chi connectivity index (χ1) is 8.08. The fourth-order valence-corrected chi connectivity index (χ4v) is 1.35. The number of amides is 1. The molecule has 7 heteroatoms. The number of nitrogens with one attached hydrogen (secondary N) is 3. The number of hydrogen-bond acceptors (Lipinski definition) is 4. The number of carbonyl (C=O) groups is 1. The molecule has 90 valence electrons. The lowest BCUT2D eigenvalue weighted by Crippen LogP contribution is -2.29. The molecule has 0 aliphatic rings. The van der Waals surface area contributed by atoms with Gasteiger partial charge in [0.15, 0.2) is 11.2 Å². The molecule has 0 spiro atoms. The molecule has 0 fully saturated rings. The van der Waals surface area contributed by atoms with Crippen molar-refractivity contribution in [1.82, 2.24) is 25.3 Å². The summed E-state index contributed by atoms with van der Waals surface area (Å²) in [6, 6.07) is 0. The van der Waals surface area contributed by atoms with Crippen molar-refractivity contribution in [2.75, 3.05) is 0 Å². The molecule has 0 bridgehead atoms. The zero-order valence-corrected chi connectivity index (χ0v) is 9.57. The van der Waals surface area contributed by atoms with Crippen LogP contribution in [0.5, 0.6) is 0 Å². The first-order valence-electron chi connectivity index (χ1n) is 5.28. The Morgan fingerprint density at radius 2 is 2.29 bits per heavy atom. The van der Waals surface area contributed by atoms with Crippen molar-refractivity contribution in [3.63, 3.8) is 0 Å². The summed E-state index contributed by atoms with van der Waals surface area (Å²) >= 11 is 0. The second kappa shape index (κ2) is 4.36. The molecule has 0 atom stereocenters. The van der Waals surface area contributed by atoms with Crippen LogP contribution in [0.15, 0.2) is 11.1 Å². The summed E-state index contributed by atoms with van der Waals surface area (Å²) in [6.45, 7) is 3.78. The summed E-state index contributed by atoms with van der Waals surface area (Å²) in [5, 5.41) is 2.67. The SMILES string of the molecule is CC(C)C(=O)NCc1nc2nc[nH]c2c(=O)[nH]1. The molecule has 17 heavy (non-hydrogen) atoms. The van der Waals surface area contributed by atoms with Crippen molar-refractivity contribution in [2.24, 2.45) is 5.92 Å². The van der Waals surface area contributed by atoms with Gasteiger partial charge in [0, 0.05) is 5.92 Å². The summed E-state index contributed by atoms with van der Waals surface area (Å²) in [5.41, 5.74) is 0.396. The number of aromatic amines is 2. The molecule has 0 radical (unpaired) electrons. The van der Waals surface area contributed by atoms with Crippen LogP contribution in [-0.4, -0.2) is 25.8 Å². The van der Waals surface area contributed by atoms with E-state index >= 15 is 0 Å². The van der Waals surface area contributed by atoms with E-state index in [2.05, 4.69) is 25.3 Å². The van der Waals surface area contributed by atoms with Gasteiger partial charge < -0.3 is 15.3 Å². The summed E-state index contributed by atoms with van der Waals surface area (Å²) in [5.74, 6) is 0.203. The maximum atomic E-state index is 11.6. The number of carbonyl (C=O) groups excluding carboxylic acids is 1. The van der Waals surface area contributed by atoms with Crippen LogP contribution in [0, 0.1) is 5.92 Å². The second-order valence-electron chi connectivity index (χ2n) is 3.99. The Morgan fingerprint density at radius 3 is 3.00 bits per heavy atom. The van der Waals surface area contributed by atoms with E-state index in [0.29, 0.717) is 17.0 Å². The highest BCUT2D eigenvalue weighted by atomic mass is 16.2. The van der Waals surface area contributed by atoms with Gasteiger partial charge in [-0.15, -0.1) is 0 Å². The van der Waals surface area contributed by atoms with Crippen molar-refractivity contribution in [3.05, 3.63) is 22.5 Å². The Morgan fingerprint density at radius 1 is 1.53 bits per heavy atom. The molecule has 0 unspecified atom stereocenters. The average Bonchev–Trinajstić information content (AvgIpc) is 2.74. The largest absolute Gasteiger partial charge is 0.349 e. The minimum atomic E-state index is -0.290. The Labute approximate surface area is 96.7 Å². The number of H-pyrrole nitrogens is 2. The fourth-order valence-electron chi connectivity index (χ4n) is 1.35. The van der Waals surface area contributed by atoms with Crippen molar-refractivity contribution >= 4 is 17.1 Å². The Kier molecular flexibility index (Phi) is 2.90. The highest BCUT2D eigenvalue weighted by Gasteiger charge is 2.09. The molecule has 0 saturated carbocycles. The van der Waals surface area contributed by atoms with Crippen molar-refractivity contribution in [1.29, 1.82) is 0 Å². The number of aromatic nitrogens is 4. The van der Waals surface area contributed by atoms with Gasteiger partial charge in [-0.2, -0.15) is 0 Å². The highest BCUT2D eigenvalue weighted by molar-refractivity contribution is 5.77. The number of imidazole rings is 1. The van der Waals surface area contributed by atoms with Gasteiger partial charge in [0.25, 0.3) is 5.56 Å². The van der Waals surface area contributed by atoms with Crippen LogP contribution in [-0.2, 0) is 11.3 Å². The molecule has 2 heterocycles. The zero-order valence-electron chi connectivity index (χ0n) is 9.57. The number of rotatable bonds is 3. The van der Waals surface area contributed by atoms with Crippen LogP contribution in [0.3, 0.4) is 0 Å². The van der Waals surface area contributed by atoms with E-state index in [1.807, 2.05) is 0 Å². The van der Waals surface area contributed by atoms with Gasteiger partial charge in [0.05, 0.1) is 12.9 Å². The minimum Gasteiger partial charge on any atom is -0.349 e. The van der Waals surface area contributed by atoms with Crippen molar-refractivity contribution < 1.29 is 4.79 Å². The molecular formula is C10H13N5O2. The average molecular weight is 235 g/mol. The Hall–Kier alpha value is -2.18. The van der Waals surface area contributed by atoms with Crippen LogP contribution < -0.4 is 10.9 Å². The van der Waals surface area contributed by atoms with E-state index in [4.69, 9.17) is 0 Å². The first kappa shape index (κ1) is 11.3. The summed E-state index contributed by atoms with van der Waals surface area (Å²) in [6.07, 6.45) is 1.41. The monoisotopic (exact) mass is 235 g/mol. The first-order valence-corrected chi connectivity index (χ1v) is 5.28. The van der Waals surface area contributed by atoms with E-state index in [1.165, 1.54) is 6.33 Å². The van der Waals surface area contributed by atoms with Gasteiger partial charge in [0.1, 0.15) is 5.82 Å². The van der Waals surface area contributed by atoms with Gasteiger partial charge in [0.2, 0.25) is 5.91 Å². The smallest absolute Gasteiger partial charge is 0.277 e. The molecule has 3 N–H and O–H groups in total. The van der Waals surface area contributed by atoms with Crippen LogP contribution in [0.4, 0.5) is 0 Å². The predicted octanol–water partition coefficient (Wildman–Crippen LogP) is -0.0816. The maximum Gasteiger partial charge on any atom is 0.277 e. The maximum absolute atomic E-state index is 11.6. The van der Waals surface area contributed by atoms with Gasteiger partial charge >= 0.3 is 0 Å². The van der Waals surface area contributed by atoms with Crippen LogP contribution >= 0.6 is 0 Å². The third-order valence-electron chi connectivity index (χ3n) is 2.30. The number of hydrogen-bond donors (Lipinski definition) is 3. The molecule has 1 amide bonds. The van der Waals surface area contributed by atoms with E-state index in [0.717, 1.165) is 0 Å². The molecule has 0 saturated heterocycles. The van der Waals surface area contributed by atoms with E-state index in [9.17, 15) is 9.59 Å². The number of nitrogens with zero attached hydrogens (tertiary/aromatic N) is 2. The minimum absolute atomic E-state index is 0.0882. The molecule has 0 aliphatic heterocycles. The second-order valence-corrected chi connectivity index (χ2v) is 3.99. The van der Waals surface area contributed by atoms with Gasteiger partial charge in [-0.1, -0.05) is 13.8 Å². The van der Waals surface area contributed by atoms with Crippen molar-refractivity contribution in [3.8, 4) is 0 Å². The summed E-state index contributed by atoms with van der Waals surface area (Å²) in [7, 11) is 0. The van der Waals surface area contributed by atoms with Crippen LogP contribution in [0.2, 0.25) is 0 Å². The number of fused-ring (bicyclic) bond motifs is 1. The third-order valence-corrected chi connectivity index (χ3v) is 2.30. The summed E-state index contributed by atoms with van der Waals surface area (Å²) < 4.78 is 0. The zero-order chi connectivity index (χ0) is 12.4. The molecule has 2 aromatic rings. The van der Waals surface area contributed by atoms with Crippen LogP contribution in [0.1, 0.15) is 19.7 Å². The van der Waals surface area contributed by atoms with E-state index < -0.39 is 0 Å². The molecule has 0 aliphatic carbocycles.